The second kappa shape index (κ2) is 11.8. The minimum atomic E-state index is -0.242. The third-order valence-corrected chi connectivity index (χ3v) is 3.00. The van der Waals surface area contributed by atoms with Gasteiger partial charge in [-0.15, -0.1) is 0 Å². The zero-order valence-electron chi connectivity index (χ0n) is 13.1. The molecule has 124 valence electrons. The second-order valence-electron chi connectivity index (χ2n) is 4.13. The van der Waals surface area contributed by atoms with Gasteiger partial charge in [0.25, 0.3) is 0 Å². The van der Waals surface area contributed by atoms with Crippen LogP contribution in [0.15, 0.2) is 10.2 Å². The molecule has 0 aromatic carbocycles. The van der Waals surface area contributed by atoms with Crippen LogP contribution in [0.5, 0.6) is 0 Å². The van der Waals surface area contributed by atoms with Gasteiger partial charge in [0.15, 0.2) is 10.2 Å². The van der Waals surface area contributed by atoms with Crippen molar-refractivity contribution >= 4 is 52.1 Å². The van der Waals surface area contributed by atoms with Crippen molar-refractivity contribution < 1.29 is 9.53 Å². The molecule has 0 aliphatic heterocycles. The number of hydrazone groups is 2. The largest absolute Gasteiger partial charge is 0.469 e. The lowest BCUT2D eigenvalue weighted by atomic mass is 10.3. The highest BCUT2D eigenvalue weighted by molar-refractivity contribution is 7.80. The van der Waals surface area contributed by atoms with E-state index in [0.717, 1.165) is 0 Å². The fourth-order valence-electron chi connectivity index (χ4n) is 1.06. The van der Waals surface area contributed by atoms with Gasteiger partial charge in [-0.2, -0.15) is 10.2 Å². The van der Waals surface area contributed by atoms with Crippen LogP contribution in [-0.2, 0) is 9.53 Å². The highest BCUT2D eigenvalue weighted by Gasteiger charge is 2.01. The minimum absolute atomic E-state index is 0.242. The average Bonchev–Trinajstić information content (AvgIpc) is 2.53. The van der Waals surface area contributed by atoms with Crippen LogP contribution in [0.2, 0.25) is 0 Å². The van der Waals surface area contributed by atoms with E-state index in [0.29, 0.717) is 41.0 Å². The molecule has 0 fully saturated rings. The van der Waals surface area contributed by atoms with E-state index >= 15 is 0 Å². The zero-order chi connectivity index (χ0) is 17.0. The number of nitrogens with zero attached hydrogens (tertiary/aromatic N) is 2. The Hall–Kier alpha value is -1.81. The molecule has 0 rings (SSSR count). The maximum atomic E-state index is 10.9. The fraction of sp³-hybridized carbons (Fsp3) is 0.583. The molecule has 8 nitrogen and oxygen atoms in total. The van der Waals surface area contributed by atoms with Gasteiger partial charge in [-0.25, -0.2) is 0 Å². The Morgan fingerprint density at radius 3 is 2.14 bits per heavy atom. The van der Waals surface area contributed by atoms with Gasteiger partial charge in [-0.1, -0.05) is 0 Å². The standard InChI is InChI=1S/C12H22N6O2S2/c1-8(15-17-11(21)13-3)9(2)16-18-12(22)14-7-5-6-10(19)20-4/h5-7H2,1-4H3,(H2,13,17,21)(H2,14,18,22)/b15-8+,16-9+. The van der Waals surface area contributed by atoms with Gasteiger partial charge in [0.1, 0.15) is 0 Å². The van der Waals surface area contributed by atoms with Crippen LogP contribution < -0.4 is 21.5 Å². The first-order valence-corrected chi connectivity index (χ1v) is 7.39. The van der Waals surface area contributed by atoms with Crippen LogP contribution in [0.1, 0.15) is 26.7 Å². The van der Waals surface area contributed by atoms with Crippen molar-refractivity contribution in [3.8, 4) is 0 Å². The summed E-state index contributed by atoms with van der Waals surface area (Å²) in [6.45, 7) is 4.13. The number of esters is 1. The Bertz CT molecular complexity index is 465. The molecular weight excluding hydrogens is 324 g/mol. The molecule has 0 aliphatic rings. The Balaban J connectivity index is 4.09. The van der Waals surface area contributed by atoms with E-state index in [1.165, 1.54) is 7.11 Å². The van der Waals surface area contributed by atoms with Crippen LogP contribution in [0.25, 0.3) is 0 Å². The van der Waals surface area contributed by atoms with Crippen molar-refractivity contribution in [2.24, 2.45) is 10.2 Å². The smallest absolute Gasteiger partial charge is 0.305 e. The second-order valence-corrected chi connectivity index (χ2v) is 4.95. The molecule has 0 heterocycles. The molecule has 10 heteroatoms. The summed E-state index contributed by atoms with van der Waals surface area (Å²) in [5.41, 5.74) is 6.69. The quantitative estimate of drug-likeness (QED) is 0.171. The Morgan fingerprint density at radius 2 is 1.64 bits per heavy atom. The number of ether oxygens (including phenoxy) is 1. The van der Waals surface area contributed by atoms with Crippen molar-refractivity contribution in [1.29, 1.82) is 0 Å². The Morgan fingerprint density at radius 1 is 1.09 bits per heavy atom. The molecule has 22 heavy (non-hydrogen) atoms. The summed E-state index contributed by atoms with van der Waals surface area (Å²) in [7, 11) is 3.06. The van der Waals surface area contributed by atoms with Crippen LogP contribution in [0.4, 0.5) is 0 Å². The lowest BCUT2D eigenvalue weighted by molar-refractivity contribution is -0.140. The number of methoxy groups -OCH3 is 1. The lowest BCUT2D eigenvalue weighted by Gasteiger charge is -2.08. The van der Waals surface area contributed by atoms with Crippen molar-refractivity contribution in [3.63, 3.8) is 0 Å². The van der Waals surface area contributed by atoms with Gasteiger partial charge in [0.2, 0.25) is 0 Å². The van der Waals surface area contributed by atoms with Crippen molar-refractivity contribution in [2.75, 3.05) is 20.7 Å². The number of hydrogen-bond acceptors (Lipinski definition) is 6. The number of thiocarbonyl (C=S) groups is 2. The molecule has 4 N–H and O–H groups in total. The number of rotatable bonds is 7. The van der Waals surface area contributed by atoms with E-state index in [1.54, 1.807) is 20.9 Å². The SMILES string of the molecule is CNC(=S)N/N=C(C)/C(C)=N/NC(=S)NCCCC(=O)OC. The van der Waals surface area contributed by atoms with Crippen molar-refractivity contribution in [1.82, 2.24) is 21.5 Å². The van der Waals surface area contributed by atoms with E-state index < -0.39 is 0 Å². The predicted molar refractivity (Wildman–Crippen MR) is 96.0 cm³/mol. The molecule has 0 atom stereocenters. The molecular formula is C12H22N6O2S2. The fourth-order valence-corrected chi connectivity index (χ4v) is 1.26. The monoisotopic (exact) mass is 346 g/mol. The lowest BCUT2D eigenvalue weighted by Crippen LogP contribution is -2.34. The molecule has 0 amide bonds. The van der Waals surface area contributed by atoms with E-state index in [4.69, 9.17) is 24.4 Å². The van der Waals surface area contributed by atoms with Gasteiger partial charge >= 0.3 is 5.97 Å². The van der Waals surface area contributed by atoms with E-state index in [9.17, 15) is 4.79 Å². The first-order valence-electron chi connectivity index (χ1n) is 6.58. The summed E-state index contributed by atoms with van der Waals surface area (Å²) in [5, 5.41) is 14.6. The molecule has 0 saturated carbocycles. The van der Waals surface area contributed by atoms with Gasteiger partial charge in [-0.3, -0.25) is 15.6 Å². The summed E-state index contributed by atoms with van der Waals surface area (Å²) < 4.78 is 4.54. The molecule has 0 aromatic heterocycles. The molecule has 0 aliphatic carbocycles. The predicted octanol–water partition coefficient (Wildman–Crippen LogP) is 0.249. The summed E-state index contributed by atoms with van der Waals surface area (Å²) >= 11 is 9.96. The summed E-state index contributed by atoms with van der Waals surface area (Å²) in [4.78, 5) is 10.9. The first-order chi connectivity index (χ1) is 10.4. The Labute approximate surface area is 141 Å². The number of carbonyl (C=O) groups is 1. The van der Waals surface area contributed by atoms with E-state index in [2.05, 4.69) is 36.4 Å². The van der Waals surface area contributed by atoms with Crippen LogP contribution >= 0.6 is 24.4 Å². The third-order valence-electron chi connectivity index (χ3n) is 2.47. The maximum absolute atomic E-state index is 10.9. The van der Waals surface area contributed by atoms with Crippen LogP contribution in [0, 0.1) is 0 Å². The zero-order valence-corrected chi connectivity index (χ0v) is 14.8. The van der Waals surface area contributed by atoms with Crippen molar-refractivity contribution in [2.45, 2.75) is 26.7 Å². The van der Waals surface area contributed by atoms with Crippen molar-refractivity contribution in [3.05, 3.63) is 0 Å². The average molecular weight is 346 g/mol. The first kappa shape index (κ1) is 20.2. The van der Waals surface area contributed by atoms with Gasteiger partial charge < -0.3 is 15.4 Å². The van der Waals surface area contributed by atoms with Gasteiger partial charge in [0.05, 0.1) is 18.5 Å². The summed E-state index contributed by atoms with van der Waals surface area (Å²) in [6, 6.07) is 0. The molecule has 0 radical (unpaired) electrons. The number of hydrogen-bond donors (Lipinski definition) is 4. The topological polar surface area (TPSA) is 99.1 Å². The molecule has 0 unspecified atom stereocenters. The maximum Gasteiger partial charge on any atom is 0.305 e. The minimum Gasteiger partial charge on any atom is -0.469 e. The molecule has 0 aromatic rings. The van der Waals surface area contributed by atoms with E-state index in [-0.39, 0.29) is 5.97 Å². The normalized spacial score (nSPS) is 11.5. The molecule has 0 saturated heterocycles. The number of carbonyl (C=O) groups excluding carboxylic acids is 1. The van der Waals surface area contributed by atoms with Gasteiger partial charge in [-0.05, 0) is 44.7 Å². The van der Waals surface area contributed by atoms with E-state index in [1.807, 2.05) is 0 Å². The molecule has 0 spiro atoms. The van der Waals surface area contributed by atoms with Crippen LogP contribution in [0.3, 0.4) is 0 Å². The highest BCUT2D eigenvalue weighted by atomic mass is 32.1. The summed E-state index contributed by atoms with van der Waals surface area (Å²) in [6.07, 6.45) is 0.972. The Kier molecular flexibility index (Phi) is 10.8. The molecule has 0 bridgehead atoms. The van der Waals surface area contributed by atoms with Gasteiger partial charge in [0, 0.05) is 20.0 Å². The highest BCUT2D eigenvalue weighted by Crippen LogP contribution is 1.89. The van der Waals surface area contributed by atoms with Crippen LogP contribution in [-0.4, -0.2) is 48.3 Å². The third kappa shape index (κ3) is 10.00. The number of nitrogens with one attached hydrogen (secondary N) is 4. The summed E-state index contributed by atoms with van der Waals surface area (Å²) in [5.74, 6) is -0.242.